The fourth-order valence-corrected chi connectivity index (χ4v) is 22.1. The third-order valence-electron chi connectivity index (χ3n) is 16.7. The van der Waals surface area contributed by atoms with Gasteiger partial charge in [-0.05, 0) is 88.8 Å². The number of hydrogen-bond acceptors (Lipinski definition) is 22. The normalized spacial score (nSPS) is 22.6. The van der Waals surface area contributed by atoms with Crippen molar-refractivity contribution in [2.24, 2.45) is 17.6 Å². The van der Waals surface area contributed by atoms with E-state index >= 15 is 0 Å². The smallest absolute Gasteiger partial charge is 0.334 e. The molecule has 7 fully saturated rings. The van der Waals surface area contributed by atoms with E-state index in [-0.39, 0.29) is 95.0 Å². The molecule has 572 valence electrons. The van der Waals surface area contributed by atoms with Crippen LogP contribution in [0.2, 0.25) is 0 Å². The SMILES string of the molecule is C.C.C.CC1CC(=O)N(OC(=O)CCSSCCNC(=O)CCCCC2SCC3CC(=O)NC32)C1=O.CCCCN.CCCCNC(=O)CCSSCCCC(=O)CCCCC1SCC2NC(=O)NC21.CCCCNC(=O)CCSSCCCC(=O)CCCCC1SCC2NC(=O)NC21. The van der Waals surface area contributed by atoms with Crippen LogP contribution in [0.3, 0.4) is 0 Å². The van der Waals surface area contributed by atoms with E-state index in [0.29, 0.717) is 114 Å². The molecule has 0 aromatic carbocycles. The number of hydrogen-bond donors (Lipinski definition) is 9. The molecule has 0 aromatic rings. The minimum Gasteiger partial charge on any atom is -0.356 e. The van der Waals surface area contributed by atoms with Gasteiger partial charge in [-0.1, -0.05) is 153 Å². The zero-order chi connectivity index (χ0) is 69.7. The summed E-state index contributed by atoms with van der Waals surface area (Å²) in [4.78, 5) is 133. The maximum absolute atomic E-state index is 12.0. The molecule has 10 atom stereocenters. The molecule has 0 saturated carbocycles. The van der Waals surface area contributed by atoms with Crippen molar-refractivity contribution in [2.75, 3.05) is 78.0 Å². The average molecular weight is 1560 g/mol. The monoisotopic (exact) mass is 1560 g/mol. The Labute approximate surface area is 630 Å². The Balaban J connectivity index is 0.000000708. The molecule has 10 amide bonds. The topological polar surface area (TPSA) is 322 Å². The van der Waals surface area contributed by atoms with Crippen molar-refractivity contribution < 1.29 is 57.6 Å². The summed E-state index contributed by atoms with van der Waals surface area (Å²) in [5.74, 6) is 7.53. The van der Waals surface area contributed by atoms with Gasteiger partial charge in [0.05, 0.1) is 30.6 Å². The summed E-state index contributed by atoms with van der Waals surface area (Å²) in [6.45, 7) is 11.0. The van der Waals surface area contributed by atoms with Crippen LogP contribution in [0.25, 0.3) is 0 Å². The number of urea groups is 2. The number of ketones is 2. The fraction of sp³-hybridized carbons (Fsp3) is 0.838. The molecule has 0 radical (unpaired) electrons. The first kappa shape index (κ1) is 94.5. The molecule has 10 N–H and O–H groups in total. The van der Waals surface area contributed by atoms with Crippen LogP contribution >= 0.6 is 100 Å². The summed E-state index contributed by atoms with van der Waals surface area (Å²) < 4.78 is 0. The molecule has 7 aliphatic rings. The zero-order valence-electron chi connectivity index (χ0n) is 57.2. The van der Waals surface area contributed by atoms with Crippen LogP contribution in [0.5, 0.6) is 0 Å². The van der Waals surface area contributed by atoms with Gasteiger partial charge in [0, 0.05) is 151 Å². The lowest BCUT2D eigenvalue weighted by Gasteiger charge is -2.17. The van der Waals surface area contributed by atoms with Gasteiger partial charge in [0.15, 0.2) is 0 Å². The van der Waals surface area contributed by atoms with Crippen molar-refractivity contribution in [3.05, 3.63) is 0 Å². The van der Waals surface area contributed by atoms with E-state index in [0.717, 1.165) is 156 Å². The van der Waals surface area contributed by atoms with Crippen molar-refractivity contribution >= 4 is 165 Å². The second-order valence-corrected chi connectivity index (χ2v) is 36.8. The van der Waals surface area contributed by atoms with E-state index < -0.39 is 23.7 Å². The molecule has 22 nitrogen and oxygen atoms in total. The molecule has 7 aliphatic heterocycles. The Hall–Kier alpha value is -2.52. The summed E-state index contributed by atoms with van der Waals surface area (Å²) in [7, 11) is 9.99. The van der Waals surface area contributed by atoms with E-state index in [9.17, 15) is 52.7 Å². The number of imide groups is 1. The van der Waals surface area contributed by atoms with Gasteiger partial charge < -0.3 is 53.1 Å². The molecule has 0 bridgehead atoms. The van der Waals surface area contributed by atoms with Gasteiger partial charge in [0.25, 0.3) is 11.8 Å². The number of hydroxylamine groups is 2. The summed E-state index contributed by atoms with van der Waals surface area (Å²) in [6.07, 6.45) is 22.6. The standard InChI is InChI=1S/C21H31N3O6S3.2C20H35N3O3S3.C4H11N.3CH4/c1-13-10-18(27)24(21(13)29)30-19(28)6-8-32-33-9-7-22-16(25)5-3-2-4-15-20-14(12-31-15)11-17(26)23-20;2*1-2-3-11-21-18(25)10-13-29-28-12-6-8-15(24)7-4-5-9-17-19-16(14-27-17)22-20(26)23-19;1-2-3-4-5;;;/h13-15,20H,2-12H2,1H3,(H,22,25)(H,23,26);2*16-17,19H,2-14H2,1H3,(H,21,25)(H2,22,23,26);2-5H2,1H3;3*1H4. The zero-order valence-corrected chi connectivity index (χ0v) is 64.5. The van der Waals surface area contributed by atoms with Crippen LogP contribution in [0, 0.1) is 11.8 Å². The molecule has 31 heteroatoms. The Morgan fingerprint density at radius 1 is 0.475 bits per heavy atom. The molecule has 7 rings (SSSR count). The number of nitrogens with zero attached hydrogens (tertiary/aromatic N) is 1. The number of Topliss-reactive ketones (excluding diaryl/α,β-unsaturated/α-hetero) is 2. The van der Waals surface area contributed by atoms with Crippen LogP contribution in [0.4, 0.5) is 9.59 Å². The Morgan fingerprint density at radius 3 is 1.36 bits per heavy atom. The molecular weight excluding hydrogens is 1440 g/mol. The van der Waals surface area contributed by atoms with E-state index in [1.165, 1.54) is 23.6 Å². The first-order valence-corrected chi connectivity index (χ1v) is 45.7. The van der Waals surface area contributed by atoms with Crippen molar-refractivity contribution in [1.29, 1.82) is 0 Å². The first-order chi connectivity index (χ1) is 46.5. The maximum atomic E-state index is 12.0. The van der Waals surface area contributed by atoms with Gasteiger partial charge in [-0.15, -0.1) is 5.06 Å². The van der Waals surface area contributed by atoms with Crippen LogP contribution in [0.15, 0.2) is 0 Å². The number of fused-ring (bicyclic) bond motifs is 3. The van der Waals surface area contributed by atoms with Gasteiger partial charge in [-0.2, -0.15) is 35.3 Å². The number of rotatable bonds is 47. The molecule has 7 saturated heterocycles. The van der Waals surface area contributed by atoms with Gasteiger partial charge in [0.2, 0.25) is 23.6 Å². The number of carbonyl (C=O) groups is 11. The summed E-state index contributed by atoms with van der Waals surface area (Å²) >= 11 is 5.81. The van der Waals surface area contributed by atoms with Crippen LogP contribution < -0.4 is 48.3 Å². The fourth-order valence-electron chi connectivity index (χ4n) is 11.3. The number of nitrogens with two attached hydrogens (primary N) is 1. The number of thioether (sulfide) groups is 3. The lowest BCUT2D eigenvalue weighted by atomic mass is 9.97. The first-order valence-electron chi connectivity index (χ1n) is 35.1. The number of nitrogens with one attached hydrogen (secondary N) is 8. The van der Waals surface area contributed by atoms with Gasteiger partial charge in [-0.3, -0.25) is 38.4 Å². The Bertz CT molecular complexity index is 2290. The van der Waals surface area contributed by atoms with Gasteiger partial charge in [0.1, 0.15) is 11.6 Å². The molecule has 0 spiro atoms. The van der Waals surface area contributed by atoms with Gasteiger partial charge >= 0.3 is 18.0 Å². The molecule has 0 aromatic heterocycles. The summed E-state index contributed by atoms with van der Waals surface area (Å²) in [5, 5.41) is 25.8. The Morgan fingerprint density at radius 2 is 0.899 bits per heavy atom. The highest BCUT2D eigenvalue weighted by Gasteiger charge is 2.45. The quantitative estimate of drug-likeness (QED) is 0.0118. The molecule has 10 unspecified atom stereocenters. The van der Waals surface area contributed by atoms with Crippen LogP contribution in [-0.2, 0) is 48.0 Å². The van der Waals surface area contributed by atoms with Crippen molar-refractivity contribution in [1.82, 2.24) is 47.6 Å². The molecule has 99 heavy (non-hydrogen) atoms. The van der Waals surface area contributed by atoms with E-state index in [1.807, 2.05) is 35.3 Å². The van der Waals surface area contributed by atoms with Crippen LogP contribution in [0.1, 0.15) is 223 Å². The summed E-state index contributed by atoms with van der Waals surface area (Å²) in [5.41, 5.74) is 5.14. The Kier molecular flexibility index (Phi) is 55.1. The molecular formula is C68H124N10O12S9. The van der Waals surface area contributed by atoms with E-state index in [1.54, 1.807) is 60.9 Å². The third kappa shape index (κ3) is 40.5. The second-order valence-electron chi connectivity index (χ2n) is 24.9. The van der Waals surface area contributed by atoms with Crippen molar-refractivity contribution in [3.8, 4) is 0 Å². The highest BCUT2D eigenvalue weighted by atomic mass is 33.1. The third-order valence-corrected chi connectivity index (χ3v) is 28.7. The number of unbranched alkanes of at least 4 members (excludes halogenated alkanes) is 6. The average Bonchev–Trinajstić information content (AvgIpc) is 1.69. The lowest BCUT2D eigenvalue weighted by Crippen LogP contribution is -2.36. The highest BCUT2D eigenvalue weighted by molar-refractivity contribution is 8.77. The number of carbonyl (C=O) groups excluding carboxylic acids is 11. The molecule has 0 aliphatic carbocycles. The lowest BCUT2D eigenvalue weighted by molar-refractivity contribution is -0.197. The highest BCUT2D eigenvalue weighted by Crippen LogP contribution is 2.40. The predicted octanol–water partition coefficient (Wildman–Crippen LogP) is 12.1. The van der Waals surface area contributed by atoms with Gasteiger partial charge in [-0.25, -0.2) is 14.4 Å². The minimum atomic E-state index is -0.603. The van der Waals surface area contributed by atoms with Crippen molar-refractivity contribution in [2.45, 2.75) is 269 Å². The second kappa shape index (κ2) is 57.8. The molecule has 7 heterocycles. The van der Waals surface area contributed by atoms with Crippen LogP contribution in [-0.4, -0.2) is 194 Å². The predicted molar refractivity (Wildman–Crippen MR) is 424 cm³/mol. The maximum Gasteiger partial charge on any atom is 0.334 e. The summed E-state index contributed by atoms with van der Waals surface area (Å²) in [6, 6.07) is 1.34. The van der Waals surface area contributed by atoms with Crippen molar-refractivity contribution in [3.63, 3.8) is 0 Å². The minimum absolute atomic E-state index is 0. The number of amides is 10. The van der Waals surface area contributed by atoms with E-state index in [4.69, 9.17) is 10.6 Å². The largest absolute Gasteiger partial charge is 0.356 e. The van der Waals surface area contributed by atoms with E-state index in [2.05, 4.69) is 63.3 Å².